The molecule has 1 aromatic rings. The van der Waals surface area contributed by atoms with Crippen LogP contribution in [0.4, 0.5) is 0 Å². The molecule has 1 saturated carbocycles. The molecular weight excluding hydrogens is 386 g/mol. The summed E-state index contributed by atoms with van der Waals surface area (Å²) in [6.07, 6.45) is 3.38. The van der Waals surface area contributed by atoms with Crippen LogP contribution in [0.2, 0.25) is 0 Å². The minimum Gasteiger partial charge on any atom is -0.497 e. The smallest absolute Gasteiger partial charge is 0.257 e. The number of nitrogens with zero attached hydrogens (tertiary/aromatic N) is 2. The predicted octanol–water partition coefficient (Wildman–Crippen LogP) is 1.54. The monoisotopic (exact) mass is 415 g/mol. The highest BCUT2D eigenvalue weighted by Gasteiger charge is 2.54. The van der Waals surface area contributed by atoms with Gasteiger partial charge in [0.05, 0.1) is 13.7 Å². The fraction of sp³-hybridized carbons (Fsp3) is 0.591. The van der Waals surface area contributed by atoms with E-state index >= 15 is 0 Å². The van der Waals surface area contributed by atoms with Gasteiger partial charge in [0, 0.05) is 44.0 Å². The summed E-state index contributed by atoms with van der Waals surface area (Å²) >= 11 is 0. The first-order valence-electron chi connectivity index (χ1n) is 10.7. The Bertz CT molecular complexity index is 830. The van der Waals surface area contributed by atoms with Gasteiger partial charge in [-0.2, -0.15) is 0 Å². The number of nitrogens with one attached hydrogen (secondary N) is 1. The van der Waals surface area contributed by atoms with Crippen LogP contribution in [0.3, 0.4) is 0 Å². The van der Waals surface area contributed by atoms with Gasteiger partial charge in [-0.1, -0.05) is 13.0 Å². The lowest BCUT2D eigenvalue weighted by atomic mass is 9.96. The Morgan fingerprint density at radius 3 is 2.60 bits per heavy atom. The second-order valence-electron chi connectivity index (χ2n) is 8.20. The van der Waals surface area contributed by atoms with Gasteiger partial charge < -0.3 is 19.7 Å². The number of amides is 3. The molecule has 0 aromatic heterocycles. The third kappa shape index (κ3) is 3.88. The number of hydrogen-bond donors (Lipinski definition) is 1. The molecule has 3 amide bonds. The maximum atomic E-state index is 13.6. The Morgan fingerprint density at radius 2 is 1.97 bits per heavy atom. The van der Waals surface area contributed by atoms with Crippen molar-refractivity contribution in [3.05, 3.63) is 29.8 Å². The molecule has 8 heteroatoms. The van der Waals surface area contributed by atoms with Gasteiger partial charge in [0.2, 0.25) is 11.8 Å². The van der Waals surface area contributed by atoms with Crippen LogP contribution in [0, 0.1) is 0 Å². The number of benzene rings is 1. The fourth-order valence-corrected chi connectivity index (χ4v) is 4.32. The van der Waals surface area contributed by atoms with Crippen LogP contribution in [-0.4, -0.2) is 72.1 Å². The van der Waals surface area contributed by atoms with E-state index in [4.69, 9.17) is 9.47 Å². The zero-order chi connectivity index (χ0) is 21.3. The summed E-state index contributed by atoms with van der Waals surface area (Å²) in [5.74, 6) is 0.254. The van der Waals surface area contributed by atoms with E-state index in [9.17, 15) is 14.4 Å². The molecular formula is C22H29N3O5. The van der Waals surface area contributed by atoms with Crippen molar-refractivity contribution in [2.45, 2.75) is 56.8 Å². The molecule has 1 aromatic carbocycles. The zero-order valence-electron chi connectivity index (χ0n) is 17.6. The number of carbonyl (C=O) groups is 3. The first kappa shape index (κ1) is 20.7. The molecule has 30 heavy (non-hydrogen) atoms. The van der Waals surface area contributed by atoms with E-state index in [1.54, 1.807) is 41.2 Å². The van der Waals surface area contributed by atoms with Crippen LogP contribution < -0.4 is 10.1 Å². The number of piperidine rings is 1. The third-order valence-corrected chi connectivity index (χ3v) is 6.22. The van der Waals surface area contributed by atoms with Gasteiger partial charge >= 0.3 is 0 Å². The first-order chi connectivity index (χ1) is 14.5. The molecule has 0 unspecified atom stereocenters. The second kappa shape index (κ2) is 8.26. The van der Waals surface area contributed by atoms with Crippen LogP contribution in [-0.2, 0) is 14.3 Å². The molecule has 1 spiro atoms. The minimum atomic E-state index is -0.879. The highest BCUT2D eigenvalue weighted by molar-refractivity contribution is 5.99. The number of rotatable bonds is 5. The van der Waals surface area contributed by atoms with E-state index < -0.39 is 11.8 Å². The Labute approximate surface area is 176 Å². The molecule has 2 heterocycles. The summed E-state index contributed by atoms with van der Waals surface area (Å²) in [6.45, 7) is 3.02. The molecule has 4 rings (SSSR count). The third-order valence-electron chi connectivity index (χ3n) is 6.22. The quantitative estimate of drug-likeness (QED) is 0.788. The number of likely N-dealkylation sites (tertiary alicyclic amines) is 1. The van der Waals surface area contributed by atoms with Gasteiger partial charge in [0.1, 0.15) is 17.5 Å². The maximum absolute atomic E-state index is 13.6. The van der Waals surface area contributed by atoms with Crippen LogP contribution in [0.1, 0.15) is 49.4 Å². The lowest BCUT2D eigenvalue weighted by molar-refractivity contribution is -0.143. The number of methoxy groups -OCH3 is 1. The average molecular weight is 415 g/mol. The molecule has 0 radical (unpaired) electrons. The van der Waals surface area contributed by atoms with E-state index in [0.717, 1.165) is 12.8 Å². The lowest BCUT2D eigenvalue weighted by Crippen LogP contribution is -2.60. The van der Waals surface area contributed by atoms with Crippen molar-refractivity contribution in [2.75, 3.05) is 26.8 Å². The zero-order valence-corrected chi connectivity index (χ0v) is 17.6. The van der Waals surface area contributed by atoms with E-state index in [1.807, 2.05) is 6.92 Å². The van der Waals surface area contributed by atoms with Crippen molar-refractivity contribution < 1.29 is 23.9 Å². The number of ether oxygens (including phenoxy) is 2. The standard InChI is InChI=1S/C22H29N3O5/c1-3-19(26)24-11-9-22(10-12-24)25(18(14-30-22)20(27)23-16-7-8-16)21(28)15-5-4-6-17(13-15)29-2/h4-6,13,16,18H,3,7-12,14H2,1-2H3,(H,23,27)/t18-/m0/s1. The van der Waals surface area contributed by atoms with E-state index in [2.05, 4.69) is 5.32 Å². The molecule has 162 valence electrons. The van der Waals surface area contributed by atoms with Crippen LogP contribution >= 0.6 is 0 Å². The summed E-state index contributed by atoms with van der Waals surface area (Å²) < 4.78 is 11.4. The average Bonchev–Trinajstić information content (AvgIpc) is 3.52. The number of carbonyl (C=O) groups excluding carboxylic acids is 3. The molecule has 2 saturated heterocycles. The maximum Gasteiger partial charge on any atom is 0.257 e. The molecule has 2 aliphatic heterocycles. The minimum absolute atomic E-state index is 0.0940. The van der Waals surface area contributed by atoms with Crippen molar-refractivity contribution in [2.24, 2.45) is 0 Å². The molecule has 0 bridgehead atoms. The van der Waals surface area contributed by atoms with Crippen LogP contribution in [0.5, 0.6) is 5.75 Å². The van der Waals surface area contributed by atoms with Gasteiger partial charge in [0.25, 0.3) is 5.91 Å². The van der Waals surface area contributed by atoms with Crippen molar-refractivity contribution in [3.8, 4) is 5.75 Å². The summed E-state index contributed by atoms with van der Waals surface area (Å²) in [5.41, 5.74) is -0.425. The molecule has 1 atom stereocenters. The highest BCUT2D eigenvalue weighted by atomic mass is 16.5. The number of hydrogen-bond acceptors (Lipinski definition) is 5. The van der Waals surface area contributed by atoms with Crippen molar-refractivity contribution >= 4 is 17.7 Å². The molecule has 3 aliphatic rings. The van der Waals surface area contributed by atoms with Gasteiger partial charge in [0.15, 0.2) is 0 Å². The largest absolute Gasteiger partial charge is 0.497 e. The van der Waals surface area contributed by atoms with Crippen molar-refractivity contribution in [3.63, 3.8) is 0 Å². The normalized spacial score (nSPS) is 22.8. The molecule has 3 fully saturated rings. The Hall–Kier alpha value is -2.61. The summed E-state index contributed by atoms with van der Waals surface area (Å²) in [5, 5.41) is 3.01. The van der Waals surface area contributed by atoms with Crippen molar-refractivity contribution in [1.82, 2.24) is 15.1 Å². The Morgan fingerprint density at radius 1 is 1.23 bits per heavy atom. The first-order valence-corrected chi connectivity index (χ1v) is 10.7. The van der Waals surface area contributed by atoms with E-state index in [1.165, 1.54) is 0 Å². The molecule has 8 nitrogen and oxygen atoms in total. The SMILES string of the molecule is CCC(=O)N1CCC2(CC1)OC[C@@H](C(=O)NC1CC1)N2C(=O)c1cccc(OC)c1. The van der Waals surface area contributed by atoms with Gasteiger partial charge in [-0.15, -0.1) is 0 Å². The second-order valence-corrected chi connectivity index (χ2v) is 8.20. The van der Waals surface area contributed by atoms with Gasteiger partial charge in [-0.25, -0.2) is 0 Å². The lowest BCUT2D eigenvalue weighted by Gasteiger charge is -2.44. The highest BCUT2D eigenvalue weighted by Crippen LogP contribution is 2.39. The fourth-order valence-electron chi connectivity index (χ4n) is 4.32. The van der Waals surface area contributed by atoms with Gasteiger partial charge in [-0.3, -0.25) is 19.3 Å². The van der Waals surface area contributed by atoms with Crippen LogP contribution in [0.15, 0.2) is 24.3 Å². The topological polar surface area (TPSA) is 88.2 Å². The Balaban J connectivity index is 1.61. The summed E-state index contributed by atoms with van der Waals surface area (Å²) in [7, 11) is 1.55. The predicted molar refractivity (Wildman–Crippen MR) is 109 cm³/mol. The van der Waals surface area contributed by atoms with Crippen molar-refractivity contribution in [1.29, 1.82) is 0 Å². The molecule has 1 N–H and O–H groups in total. The van der Waals surface area contributed by atoms with Gasteiger partial charge in [-0.05, 0) is 31.0 Å². The van der Waals surface area contributed by atoms with E-state index in [-0.39, 0.29) is 30.4 Å². The summed E-state index contributed by atoms with van der Waals surface area (Å²) in [6, 6.07) is 6.46. The molecule has 1 aliphatic carbocycles. The van der Waals surface area contributed by atoms with Crippen LogP contribution in [0.25, 0.3) is 0 Å². The van der Waals surface area contributed by atoms with E-state index in [0.29, 0.717) is 43.7 Å². The summed E-state index contributed by atoms with van der Waals surface area (Å²) in [4.78, 5) is 42.1. The Kier molecular flexibility index (Phi) is 5.69.